The van der Waals surface area contributed by atoms with Crippen LogP contribution in [0.25, 0.3) is 10.9 Å². The van der Waals surface area contributed by atoms with Crippen LogP contribution in [0.4, 0.5) is 5.82 Å². The number of nitrogen functional groups attached to an aromatic ring is 1. The number of hydrogen-bond acceptors (Lipinski definition) is 2. The molecule has 1 aromatic carbocycles. The Morgan fingerprint density at radius 2 is 1.77 bits per heavy atom. The lowest BCUT2D eigenvalue weighted by atomic mass is 10.2. The molecule has 1 heterocycles. The number of halogens is 2. The first kappa shape index (κ1) is 8.60. The van der Waals surface area contributed by atoms with Crippen molar-refractivity contribution in [2.24, 2.45) is 0 Å². The fraction of sp³-hybridized carbons (Fsp3) is 0. The van der Waals surface area contributed by atoms with Crippen molar-refractivity contribution in [1.29, 1.82) is 0 Å². The largest absolute Gasteiger partial charge is 0.382 e. The molecule has 4 heteroatoms. The van der Waals surface area contributed by atoms with Crippen molar-refractivity contribution in [3.8, 4) is 0 Å². The number of fused-ring (bicyclic) bond motifs is 1. The van der Waals surface area contributed by atoms with Gasteiger partial charge in [-0.3, -0.25) is 0 Å². The van der Waals surface area contributed by atoms with Gasteiger partial charge in [0, 0.05) is 5.39 Å². The van der Waals surface area contributed by atoms with Crippen LogP contribution in [0.3, 0.4) is 0 Å². The molecule has 0 radical (unpaired) electrons. The number of pyridine rings is 1. The Labute approximate surface area is 85.3 Å². The molecule has 2 N–H and O–H groups in total. The van der Waals surface area contributed by atoms with Crippen LogP contribution in [-0.2, 0) is 0 Å². The molecule has 66 valence electrons. The van der Waals surface area contributed by atoms with Crippen molar-refractivity contribution in [2.45, 2.75) is 0 Å². The van der Waals surface area contributed by atoms with Gasteiger partial charge in [-0.1, -0.05) is 41.4 Å². The summed E-state index contributed by atoms with van der Waals surface area (Å²) in [4.78, 5) is 4.10. The SMILES string of the molecule is Nc1nc2ccccc2c(Cl)c1Cl. The van der Waals surface area contributed by atoms with Crippen LogP contribution >= 0.6 is 23.2 Å². The molecule has 13 heavy (non-hydrogen) atoms. The van der Waals surface area contributed by atoms with Crippen LogP contribution in [-0.4, -0.2) is 4.98 Å². The Morgan fingerprint density at radius 3 is 2.54 bits per heavy atom. The van der Waals surface area contributed by atoms with Gasteiger partial charge in [-0.15, -0.1) is 0 Å². The lowest BCUT2D eigenvalue weighted by Crippen LogP contribution is -1.92. The predicted octanol–water partition coefficient (Wildman–Crippen LogP) is 3.12. The second-order valence-electron chi connectivity index (χ2n) is 2.64. The Hall–Kier alpha value is -0.990. The van der Waals surface area contributed by atoms with Gasteiger partial charge in [-0.2, -0.15) is 0 Å². The predicted molar refractivity (Wildman–Crippen MR) is 56.2 cm³/mol. The summed E-state index contributed by atoms with van der Waals surface area (Å²) in [6.45, 7) is 0. The third kappa shape index (κ3) is 1.32. The topological polar surface area (TPSA) is 38.9 Å². The molecule has 2 aromatic rings. The van der Waals surface area contributed by atoms with Crippen molar-refractivity contribution in [3.05, 3.63) is 34.3 Å². The smallest absolute Gasteiger partial charge is 0.144 e. The highest BCUT2D eigenvalue weighted by Gasteiger charge is 2.08. The molecule has 0 aliphatic heterocycles. The second-order valence-corrected chi connectivity index (χ2v) is 3.40. The van der Waals surface area contributed by atoms with Gasteiger partial charge in [-0.25, -0.2) is 4.98 Å². The number of anilines is 1. The van der Waals surface area contributed by atoms with E-state index in [4.69, 9.17) is 28.9 Å². The second kappa shape index (κ2) is 3.05. The van der Waals surface area contributed by atoms with Gasteiger partial charge in [0.2, 0.25) is 0 Å². The minimum absolute atomic E-state index is 0.269. The minimum Gasteiger partial charge on any atom is -0.382 e. The van der Waals surface area contributed by atoms with Crippen LogP contribution in [0.5, 0.6) is 0 Å². The zero-order chi connectivity index (χ0) is 9.42. The fourth-order valence-electron chi connectivity index (χ4n) is 1.17. The van der Waals surface area contributed by atoms with E-state index in [1.807, 2.05) is 24.3 Å². The van der Waals surface area contributed by atoms with Gasteiger partial charge in [0.05, 0.1) is 10.5 Å². The summed E-state index contributed by atoms with van der Waals surface area (Å²) >= 11 is 11.8. The summed E-state index contributed by atoms with van der Waals surface area (Å²) in [5.74, 6) is 0.269. The number of hydrogen-bond donors (Lipinski definition) is 1. The van der Waals surface area contributed by atoms with Gasteiger partial charge in [0.15, 0.2) is 0 Å². The summed E-state index contributed by atoms with van der Waals surface area (Å²) in [7, 11) is 0. The van der Waals surface area contributed by atoms with Crippen molar-refractivity contribution >= 4 is 39.9 Å². The Morgan fingerprint density at radius 1 is 1.08 bits per heavy atom. The first-order valence-electron chi connectivity index (χ1n) is 3.69. The third-order valence-electron chi connectivity index (χ3n) is 1.80. The van der Waals surface area contributed by atoms with E-state index >= 15 is 0 Å². The van der Waals surface area contributed by atoms with Crippen LogP contribution in [0.15, 0.2) is 24.3 Å². The number of para-hydroxylation sites is 1. The zero-order valence-corrected chi connectivity index (χ0v) is 8.10. The fourth-order valence-corrected chi connectivity index (χ4v) is 1.57. The number of nitrogens with two attached hydrogens (primary N) is 1. The lowest BCUT2D eigenvalue weighted by Gasteiger charge is -2.03. The average molecular weight is 213 g/mol. The average Bonchev–Trinajstić information content (AvgIpc) is 2.15. The molecule has 2 rings (SSSR count). The van der Waals surface area contributed by atoms with Gasteiger partial charge < -0.3 is 5.73 Å². The molecule has 0 spiro atoms. The van der Waals surface area contributed by atoms with Crippen molar-refractivity contribution in [1.82, 2.24) is 4.98 Å². The number of rotatable bonds is 0. The molecule has 0 fully saturated rings. The van der Waals surface area contributed by atoms with Gasteiger partial charge >= 0.3 is 0 Å². The number of nitrogens with zero attached hydrogens (tertiary/aromatic N) is 1. The highest BCUT2D eigenvalue weighted by atomic mass is 35.5. The summed E-state index contributed by atoms with van der Waals surface area (Å²) in [6.07, 6.45) is 0. The van der Waals surface area contributed by atoms with E-state index in [0.717, 1.165) is 10.9 Å². The van der Waals surface area contributed by atoms with E-state index in [0.29, 0.717) is 10.0 Å². The quantitative estimate of drug-likeness (QED) is 0.730. The molecule has 0 saturated heterocycles. The molecule has 0 atom stereocenters. The first-order chi connectivity index (χ1) is 6.20. The highest BCUT2D eigenvalue weighted by molar-refractivity contribution is 6.46. The Bertz CT molecular complexity index is 468. The summed E-state index contributed by atoms with van der Waals surface area (Å²) in [6, 6.07) is 7.45. The van der Waals surface area contributed by atoms with Crippen LogP contribution in [0.2, 0.25) is 10.0 Å². The normalized spacial score (nSPS) is 10.6. The summed E-state index contributed by atoms with van der Waals surface area (Å²) in [5, 5.41) is 1.61. The first-order valence-corrected chi connectivity index (χ1v) is 4.45. The molecule has 0 saturated carbocycles. The van der Waals surface area contributed by atoms with Gasteiger partial charge in [0.25, 0.3) is 0 Å². The summed E-state index contributed by atoms with van der Waals surface area (Å²) in [5.41, 5.74) is 6.32. The Kier molecular flexibility index (Phi) is 2.02. The van der Waals surface area contributed by atoms with Crippen LogP contribution in [0, 0.1) is 0 Å². The van der Waals surface area contributed by atoms with Crippen molar-refractivity contribution in [3.63, 3.8) is 0 Å². The maximum Gasteiger partial charge on any atom is 0.144 e. The van der Waals surface area contributed by atoms with Crippen LogP contribution < -0.4 is 5.73 Å². The maximum absolute atomic E-state index is 5.98. The molecule has 1 aromatic heterocycles. The van der Waals surface area contributed by atoms with Crippen molar-refractivity contribution < 1.29 is 0 Å². The molecule has 0 aliphatic carbocycles. The van der Waals surface area contributed by atoms with E-state index in [9.17, 15) is 0 Å². The minimum atomic E-state index is 0.269. The standard InChI is InChI=1S/C9H6Cl2N2/c10-7-5-3-1-2-4-6(5)13-9(12)8(7)11/h1-4H,(H2,12,13). The maximum atomic E-state index is 5.98. The molecular formula is C9H6Cl2N2. The van der Waals surface area contributed by atoms with E-state index in [1.165, 1.54) is 0 Å². The highest BCUT2D eigenvalue weighted by Crippen LogP contribution is 2.32. The van der Waals surface area contributed by atoms with E-state index in [1.54, 1.807) is 0 Å². The van der Waals surface area contributed by atoms with Crippen molar-refractivity contribution in [2.75, 3.05) is 5.73 Å². The Balaban J connectivity index is 2.94. The zero-order valence-electron chi connectivity index (χ0n) is 6.59. The molecule has 2 nitrogen and oxygen atoms in total. The monoisotopic (exact) mass is 212 g/mol. The van der Waals surface area contributed by atoms with E-state index < -0.39 is 0 Å². The number of aromatic nitrogens is 1. The third-order valence-corrected chi connectivity index (χ3v) is 2.67. The van der Waals surface area contributed by atoms with E-state index in [2.05, 4.69) is 4.98 Å². The summed E-state index contributed by atoms with van der Waals surface area (Å²) < 4.78 is 0. The molecule has 0 unspecified atom stereocenters. The van der Waals surface area contributed by atoms with Gasteiger partial charge in [0.1, 0.15) is 10.8 Å². The van der Waals surface area contributed by atoms with Crippen LogP contribution in [0.1, 0.15) is 0 Å². The molecule has 0 amide bonds. The molecule has 0 aliphatic rings. The number of benzene rings is 1. The lowest BCUT2D eigenvalue weighted by molar-refractivity contribution is 1.41. The van der Waals surface area contributed by atoms with E-state index in [-0.39, 0.29) is 5.82 Å². The molecule has 0 bridgehead atoms. The van der Waals surface area contributed by atoms with Gasteiger partial charge in [-0.05, 0) is 6.07 Å². The molecular weight excluding hydrogens is 207 g/mol.